The van der Waals surface area contributed by atoms with Crippen molar-refractivity contribution in [2.45, 2.75) is 31.4 Å². The molecule has 0 aromatic carbocycles. The van der Waals surface area contributed by atoms with E-state index in [1.54, 1.807) is 7.11 Å². The number of imide groups is 1. The van der Waals surface area contributed by atoms with E-state index < -0.39 is 12.0 Å². The minimum atomic E-state index is -0.790. The number of amides is 2. The van der Waals surface area contributed by atoms with E-state index in [1.165, 1.54) is 0 Å². The van der Waals surface area contributed by atoms with Gasteiger partial charge in [0.25, 0.3) is 5.91 Å². The molecule has 2 amide bonds. The molecular formula is C18H35N3O7. The monoisotopic (exact) mass is 405 g/mol. The number of rotatable bonds is 17. The maximum absolute atomic E-state index is 12.4. The minimum absolute atomic E-state index is 0.233. The fraction of sp³-hybridized carbons (Fsp3) is 0.889. The summed E-state index contributed by atoms with van der Waals surface area (Å²) in [4.78, 5) is 24.6. The predicted molar refractivity (Wildman–Crippen MR) is 102 cm³/mol. The van der Waals surface area contributed by atoms with Crippen molar-refractivity contribution in [1.29, 1.82) is 0 Å². The Kier molecular flexibility index (Phi) is 14.9. The van der Waals surface area contributed by atoms with Crippen LogP contribution in [0.3, 0.4) is 0 Å². The molecule has 1 fully saturated rings. The molecule has 1 heterocycles. The van der Waals surface area contributed by atoms with Gasteiger partial charge in [-0.25, -0.2) is 0 Å². The molecule has 0 radical (unpaired) electrons. The van der Waals surface area contributed by atoms with Crippen molar-refractivity contribution >= 4 is 11.8 Å². The molecule has 0 aromatic rings. The van der Waals surface area contributed by atoms with Gasteiger partial charge in [-0.05, 0) is 19.4 Å². The number of methoxy groups -OCH3 is 1. The van der Waals surface area contributed by atoms with E-state index in [-0.39, 0.29) is 18.6 Å². The Bertz CT molecular complexity index is 420. The second kappa shape index (κ2) is 16.8. The van der Waals surface area contributed by atoms with Crippen molar-refractivity contribution in [2.24, 2.45) is 5.73 Å². The summed E-state index contributed by atoms with van der Waals surface area (Å²) in [5.41, 5.74) is 5.34. The van der Waals surface area contributed by atoms with Gasteiger partial charge < -0.3 is 34.7 Å². The van der Waals surface area contributed by atoms with Crippen LogP contribution >= 0.6 is 0 Å². The van der Waals surface area contributed by atoms with E-state index in [0.29, 0.717) is 59.2 Å². The number of carbonyl (C=O) groups is 2. The average molecular weight is 405 g/mol. The first-order valence-electron chi connectivity index (χ1n) is 9.81. The SMILES string of the molecule is COCCOCCOC(CCOCCOCCN)C(=O)NC(=O)C1CCCN1. The summed E-state index contributed by atoms with van der Waals surface area (Å²) in [6.45, 7) is 4.39. The molecule has 0 spiro atoms. The molecule has 10 nitrogen and oxygen atoms in total. The van der Waals surface area contributed by atoms with Crippen molar-refractivity contribution in [3.05, 3.63) is 0 Å². The van der Waals surface area contributed by atoms with Gasteiger partial charge >= 0.3 is 0 Å². The zero-order valence-corrected chi connectivity index (χ0v) is 16.8. The summed E-state index contributed by atoms with van der Waals surface area (Å²) in [5.74, 6) is -0.776. The van der Waals surface area contributed by atoms with E-state index >= 15 is 0 Å². The van der Waals surface area contributed by atoms with Crippen LogP contribution in [-0.2, 0) is 33.3 Å². The van der Waals surface area contributed by atoms with Crippen molar-refractivity contribution in [1.82, 2.24) is 10.6 Å². The third-order valence-corrected chi connectivity index (χ3v) is 4.05. The predicted octanol–water partition coefficient (Wildman–Crippen LogP) is -1.19. The molecule has 1 rings (SSSR count). The Morgan fingerprint density at radius 3 is 2.39 bits per heavy atom. The lowest BCUT2D eigenvalue weighted by molar-refractivity contribution is -0.140. The van der Waals surface area contributed by atoms with Gasteiger partial charge in [0.1, 0.15) is 6.10 Å². The average Bonchev–Trinajstić information content (AvgIpc) is 3.23. The number of hydrogen-bond acceptors (Lipinski definition) is 9. The van der Waals surface area contributed by atoms with Gasteiger partial charge in [0.15, 0.2) is 0 Å². The van der Waals surface area contributed by atoms with Crippen molar-refractivity contribution in [3.8, 4) is 0 Å². The highest BCUT2D eigenvalue weighted by Gasteiger charge is 2.27. The first kappa shape index (κ1) is 24.9. The molecule has 1 aliphatic rings. The number of carbonyl (C=O) groups excluding carboxylic acids is 2. The lowest BCUT2D eigenvalue weighted by atomic mass is 10.2. The molecule has 0 aromatic heterocycles. The fourth-order valence-electron chi connectivity index (χ4n) is 2.58. The van der Waals surface area contributed by atoms with Gasteiger partial charge in [-0.3, -0.25) is 14.9 Å². The molecule has 0 bridgehead atoms. The minimum Gasteiger partial charge on any atom is -0.382 e. The maximum Gasteiger partial charge on any atom is 0.255 e. The first-order chi connectivity index (χ1) is 13.7. The topological polar surface area (TPSA) is 130 Å². The number of ether oxygens (including phenoxy) is 5. The summed E-state index contributed by atoms with van der Waals surface area (Å²) in [6.07, 6.45) is 1.18. The van der Waals surface area contributed by atoms with E-state index in [1.807, 2.05) is 0 Å². The van der Waals surface area contributed by atoms with Gasteiger partial charge in [0, 0.05) is 26.7 Å². The number of nitrogens with one attached hydrogen (secondary N) is 2. The highest BCUT2D eigenvalue weighted by atomic mass is 16.5. The molecule has 1 aliphatic heterocycles. The van der Waals surface area contributed by atoms with E-state index in [2.05, 4.69) is 10.6 Å². The highest BCUT2D eigenvalue weighted by Crippen LogP contribution is 2.06. The molecule has 28 heavy (non-hydrogen) atoms. The third kappa shape index (κ3) is 11.6. The normalized spacial score (nSPS) is 17.6. The van der Waals surface area contributed by atoms with E-state index in [4.69, 9.17) is 29.4 Å². The van der Waals surface area contributed by atoms with Crippen LogP contribution in [0.4, 0.5) is 0 Å². The van der Waals surface area contributed by atoms with Gasteiger partial charge in [-0.2, -0.15) is 0 Å². The summed E-state index contributed by atoms with van der Waals surface area (Å²) in [6, 6.07) is -0.321. The van der Waals surface area contributed by atoms with E-state index in [9.17, 15) is 9.59 Å². The highest BCUT2D eigenvalue weighted by molar-refractivity contribution is 5.99. The van der Waals surface area contributed by atoms with Crippen molar-refractivity contribution in [3.63, 3.8) is 0 Å². The summed E-state index contributed by atoms with van der Waals surface area (Å²) in [7, 11) is 1.59. The molecule has 10 heteroatoms. The standard InChI is InChI=1S/C18H35N3O7/c1-24-9-10-27-13-14-28-16(4-7-25-11-12-26-8-5-19)18(23)21-17(22)15-3-2-6-20-15/h15-16,20H,2-14,19H2,1H3,(H,21,22,23). The second-order valence-corrected chi connectivity index (χ2v) is 6.27. The van der Waals surface area contributed by atoms with Gasteiger partial charge in [0.2, 0.25) is 5.91 Å². The molecule has 164 valence electrons. The quantitative estimate of drug-likeness (QED) is 0.256. The molecule has 4 N–H and O–H groups in total. The largest absolute Gasteiger partial charge is 0.382 e. The molecule has 2 atom stereocenters. The van der Waals surface area contributed by atoms with Crippen LogP contribution in [0.5, 0.6) is 0 Å². The number of nitrogens with two attached hydrogens (primary N) is 1. The summed E-state index contributed by atoms with van der Waals surface area (Å²) >= 11 is 0. The Labute approximate surface area is 166 Å². The van der Waals surface area contributed by atoms with E-state index in [0.717, 1.165) is 19.4 Å². The summed E-state index contributed by atoms with van der Waals surface area (Å²) in [5, 5.41) is 5.50. The fourth-order valence-corrected chi connectivity index (χ4v) is 2.58. The molecule has 0 aliphatic carbocycles. The number of hydrogen-bond donors (Lipinski definition) is 3. The first-order valence-corrected chi connectivity index (χ1v) is 9.81. The third-order valence-electron chi connectivity index (χ3n) is 4.05. The smallest absolute Gasteiger partial charge is 0.255 e. The molecule has 1 saturated heterocycles. The van der Waals surface area contributed by atoms with Crippen LogP contribution in [0.25, 0.3) is 0 Å². The van der Waals surface area contributed by atoms with Crippen LogP contribution in [0.15, 0.2) is 0 Å². The zero-order chi connectivity index (χ0) is 20.5. The Morgan fingerprint density at radius 2 is 1.71 bits per heavy atom. The molecule has 2 unspecified atom stereocenters. The Morgan fingerprint density at radius 1 is 1.04 bits per heavy atom. The molecule has 0 saturated carbocycles. The van der Waals surface area contributed by atoms with Crippen LogP contribution in [0.1, 0.15) is 19.3 Å². The second-order valence-electron chi connectivity index (χ2n) is 6.27. The lowest BCUT2D eigenvalue weighted by Crippen LogP contribution is -2.47. The van der Waals surface area contributed by atoms with Gasteiger partial charge in [-0.1, -0.05) is 0 Å². The molecular weight excluding hydrogens is 370 g/mol. The lowest BCUT2D eigenvalue weighted by Gasteiger charge is -2.18. The van der Waals surface area contributed by atoms with Crippen LogP contribution in [-0.4, -0.2) is 97.0 Å². The Hall–Kier alpha value is -1.14. The maximum atomic E-state index is 12.4. The zero-order valence-electron chi connectivity index (χ0n) is 16.8. The van der Waals surface area contributed by atoms with Gasteiger partial charge in [0.05, 0.1) is 52.3 Å². The van der Waals surface area contributed by atoms with Crippen LogP contribution in [0.2, 0.25) is 0 Å². The van der Waals surface area contributed by atoms with Crippen molar-refractivity contribution < 1.29 is 33.3 Å². The van der Waals surface area contributed by atoms with Crippen LogP contribution in [0, 0.1) is 0 Å². The summed E-state index contributed by atoms with van der Waals surface area (Å²) < 4.78 is 26.5. The Balaban J connectivity index is 2.33. The van der Waals surface area contributed by atoms with Gasteiger partial charge in [-0.15, -0.1) is 0 Å². The van der Waals surface area contributed by atoms with Crippen molar-refractivity contribution in [2.75, 3.05) is 73.1 Å². The van der Waals surface area contributed by atoms with Crippen LogP contribution < -0.4 is 16.4 Å².